The van der Waals surface area contributed by atoms with Crippen LogP contribution >= 0.6 is 22.7 Å². The van der Waals surface area contributed by atoms with Gasteiger partial charge in [-0.3, -0.25) is 0 Å². The van der Waals surface area contributed by atoms with Crippen molar-refractivity contribution < 1.29 is 0 Å². The number of benzene rings is 11. The summed E-state index contributed by atoms with van der Waals surface area (Å²) in [5.41, 5.74) is 13.4. The zero-order chi connectivity index (χ0) is 51.4. The standard InChI is InChI=1S/C70H40N6S2/c71-41-46-21-7-8-22-47(46)55-39-44(31-35-59(55)76-57-28-14-10-26-53(57)65-61(76)38-34-51-49-24-12-16-30-63(49)78-67(51)65)54-40-45(70-73-68(42-17-3-1-4-18-42)72-69(74-70)43-19-5-2-6-20-43)32-36-58(54)75-56-27-13-9-25-52(56)64-60(75)37-33-50-48-23-11-15-29-62(48)77-66(50)64/h1-40H. The van der Waals surface area contributed by atoms with Crippen LogP contribution in [0.1, 0.15) is 5.56 Å². The van der Waals surface area contributed by atoms with Gasteiger partial charge in [-0.1, -0.05) is 170 Å². The second kappa shape index (κ2) is 17.5. The Kier molecular flexibility index (Phi) is 9.94. The van der Waals surface area contributed by atoms with Crippen molar-refractivity contribution in [3.8, 4) is 73.9 Å². The summed E-state index contributed by atoms with van der Waals surface area (Å²) in [4.78, 5) is 15.5. The van der Waals surface area contributed by atoms with Crippen molar-refractivity contribution in [2.45, 2.75) is 0 Å². The Morgan fingerprint density at radius 3 is 1.31 bits per heavy atom. The average Bonchev–Trinajstić information content (AvgIpc) is 4.46. The molecule has 11 aromatic carbocycles. The molecule has 0 saturated heterocycles. The van der Waals surface area contributed by atoms with Crippen molar-refractivity contribution in [1.29, 1.82) is 5.26 Å². The highest BCUT2D eigenvalue weighted by molar-refractivity contribution is 7.27. The Morgan fingerprint density at radius 1 is 0.321 bits per heavy atom. The van der Waals surface area contributed by atoms with E-state index >= 15 is 0 Å². The fourth-order valence-electron chi connectivity index (χ4n) is 12.0. The minimum Gasteiger partial charge on any atom is -0.309 e. The van der Waals surface area contributed by atoms with Gasteiger partial charge in [0.05, 0.1) is 45.1 Å². The fourth-order valence-corrected chi connectivity index (χ4v) is 14.5. The predicted molar refractivity (Wildman–Crippen MR) is 326 cm³/mol. The lowest BCUT2D eigenvalue weighted by atomic mass is 9.93. The largest absolute Gasteiger partial charge is 0.309 e. The van der Waals surface area contributed by atoms with Gasteiger partial charge in [-0.05, 0) is 78.4 Å². The van der Waals surface area contributed by atoms with Crippen LogP contribution in [0.2, 0.25) is 0 Å². The number of nitriles is 1. The summed E-state index contributed by atoms with van der Waals surface area (Å²) in [6.45, 7) is 0. The summed E-state index contributed by atoms with van der Waals surface area (Å²) < 4.78 is 9.92. The van der Waals surface area contributed by atoms with E-state index in [-0.39, 0.29) is 0 Å². The molecule has 0 atom stereocenters. The molecule has 0 unspecified atom stereocenters. The van der Waals surface area contributed by atoms with Gasteiger partial charge < -0.3 is 9.13 Å². The zero-order valence-electron chi connectivity index (χ0n) is 41.6. The van der Waals surface area contributed by atoms with Crippen LogP contribution in [0.25, 0.3) is 152 Å². The summed E-state index contributed by atoms with van der Waals surface area (Å²) >= 11 is 3.71. The number of fused-ring (bicyclic) bond motifs is 14. The first-order valence-corrected chi connectivity index (χ1v) is 27.6. The zero-order valence-corrected chi connectivity index (χ0v) is 43.2. The van der Waals surface area contributed by atoms with Crippen molar-refractivity contribution in [2.75, 3.05) is 0 Å². The monoisotopic (exact) mass is 1030 g/mol. The topological polar surface area (TPSA) is 72.3 Å². The van der Waals surface area contributed by atoms with Gasteiger partial charge in [0.1, 0.15) is 0 Å². The highest BCUT2D eigenvalue weighted by Crippen LogP contribution is 2.48. The predicted octanol–water partition coefficient (Wildman–Crippen LogP) is 19.0. The van der Waals surface area contributed by atoms with Gasteiger partial charge >= 0.3 is 0 Å². The number of rotatable bonds is 7. The number of aromatic nitrogens is 5. The van der Waals surface area contributed by atoms with Crippen molar-refractivity contribution in [3.05, 3.63) is 248 Å². The van der Waals surface area contributed by atoms with E-state index in [2.05, 4.69) is 179 Å². The molecule has 0 amide bonds. The Balaban J connectivity index is 0.997. The molecule has 5 heterocycles. The second-order valence-corrected chi connectivity index (χ2v) is 21.8. The third-order valence-electron chi connectivity index (χ3n) is 15.4. The van der Waals surface area contributed by atoms with Gasteiger partial charge in [0, 0.05) is 95.3 Å². The molecule has 0 aliphatic carbocycles. The Morgan fingerprint density at radius 2 is 0.756 bits per heavy atom. The lowest BCUT2D eigenvalue weighted by Gasteiger charge is -2.19. The molecule has 0 saturated carbocycles. The molecule has 6 nitrogen and oxygen atoms in total. The number of thiophene rings is 2. The molecule has 0 aliphatic heterocycles. The van der Waals surface area contributed by atoms with Gasteiger partial charge in [-0.2, -0.15) is 5.26 Å². The number of para-hydroxylation sites is 2. The lowest BCUT2D eigenvalue weighted by Crippen LogP contribution is -2.03. The van der Waals surface area contributed by atoms with E-state index in [1.807, 2.05) is 102 Å². The van der Waals surface area contributed by atoms with E-state index in [4.69, 9.17) is 15.0 Å². The molecule has 16 aromatic rings. The van der Waals surface area contributed by atoms with Crippen molar-refractivity contribution in [3.63, 3.8) is 0 Å². The third-order valence-corrected chi connectivity index (χ3v) is 17.8. The summed E-state index contributed by atoms with van der Waals surface area (Å²) in [6.07, 6.45) is 0. The highest BCUT2D eigenvalue weighted by Gasteiger charge is 2.25. The molecule has 0 N–H and O–H groups in total. The molecular formula is C70H40N6S2. The molecule has 0 spiro atoms. The number of hydrogen-bond acceptors (Lipinski definition) is 6. The van der Waals surface area contributed by atoms with Crippen LogP contribution < -0.4 is 0 Å². The van der Waals surface area contributed by atoms with Crippen LogP contribution in [0.3, 0.4) is 0 Å². The van der Waals surface area contributed by atoms with Crippen molar-refractivity contribution in [1.82, 2.24) is 24.1 Å². The van der Waals surface area contributed by atoms with Gasteiger partial charge in [-0.25, -0.2) is 15.0 Å². The van der Waals surface area contributed by atoms with Gasteiger partial charge in [0.2, 0.25) is 0 Å². The second-order valence-electron chi connectivity index (χ2n) is 19.7. The molecule has 0 fully saturated rings. The molecule has 0 bridgehead atoms. The maximum atomic E-state index is 10.9. The first-order chi connectivity index (χ1) is 38.6. The van der Waals surface area contributed by atoms with E-state index < -0.39 is 0 Å². The van der Waals surface area contributed by atoms with Crippen LogP contribution in [0.4, 0.5) is 0 Å². The SMILES string of the molecule is N#Cc1ccccc1-c1cc(-c2cc(-c3nc(-c4ccccc4)nc(-c4ccccc4)n3)ccc2-n2c3ccccc3c3c4sc5ccccc5c4ccc32)ccc1-n1c2ccccc2c2c3sc4ccccc4c3ccc21. The molecule has 362 valence electrons. The Hall–Kier alpha value is -10.0. The van der Waals surface area contributed by atoms with Crippen LogP contribution in [-0.4, -0.2) is 24.1 Å². The average molecular weight is 1030 g/mol. The molecule has 5 aromatic heterocycles. The van der Waals surface area contributed by atoms with Crippen molar-refractivity contribution in [2.24, 2.45) is 0 Å². The maximum absolute atomic E-state index is 10.9. The summed E-state index contributed by atoms with van der Waals surface area (Å²) in [6, 6.07) is 88.4. The molecule has 8 heteroatoms. The molecular weight excluding hydrogens is 989 g/mol. The van der Waals surface area contributed by atoms with Crippen molar-refractivity contribution >= 4 is 107 Å². The first kappa shape index (κ1) is 44.3. The van der Waals surface area contributed by atoms with Crippen LogP contribution in [0, 0.1) is 11.3 Å². The third kappa shape index (κ3) is 6.76. The van der Waals surface area contributed by atoms with Crippen LogP contribution in [0.15, 0.2) is 243 Å². The van der Waals surface area contributed by atoms with Gasteiger partial charge in [0.25, 0.3) is 0 Å². The number of nitrogens with zero attached hydrogens (tertiary/aromatic N) is 6. The smallest absolute Gasteiger partial charge is 0.164 e. The van der Waals surface area contributed by atoms with E-state index in [0.29, 0.717) is 23.0 Å². The van der Waals surface area contributed by atoms with Crippen LogP contribution in [0.5, 0.6) is 0 Å². The summed E-state index contributed by atoms with van der Waals surface area (Å²) in [5, 5.41) is 20.8. The van der Waals surface area contributed by atoms with E-state index in [1.54, 1.807) is 0 Å². The quantitative estimate of drug-likeness (QED) is 0.159. The molecule has 0 radical (unpaired) electrons. The van der Waals surface area contributed by atoms with E-state index in [0.717, 1.165) is 72.4 Å². The molecule has 16 rings (SSSR count). The summed E-state index contributed by atoms with van der Waals surface area (Å²) in [7, 11) is 0. The minimum absolute atomic E-state index is 0.564. The van der Waals surface area contributed by atoms with E-state index in [1.165, 1.54) is 61.9 Å². The van der Waals surface area contributed by atoms with Crippen LogP contribution in [-0.2, 0) is 0 Å². The van der Waals surface area contributed by atoms with Gasteiger partial charge in [0.15, 0.2) is 17.5 Å². The molecule has 78 heavy (non-hydrogen) atoms. The highest BCUT2D eigenvalue weighted by atomic mass is 32.1. The maximum Gasteiger partial charge on any atom is 0.164 e. The Bertz CT molecular complexity index is 5120. The normalized spacial score (nSPS) is 11.8. The molecule has 0 aliphatic rings. The van der Waals surface area contributed by atoms with Gasteiger partial charge in [-0.15, -0.1) is 22.7 Å². The van der Waals surface area contributed by atoms with E-state index in [9.17, 15) is 5.26 Å². The number of hydrogen-bond donors (Lipinski definition) is 0. The summed E-state index contributed by atoms with van der Waals surface area (Å²) in [5.74, 6) is 1.76. The minimum atomic E-state index is 0.564. The first-order valence-electron chi connectivity index (χ1n) is 26.0. The fraction of sp³-hybridized carbons (Fsp3) is 0. The Labute approximate surface area is 455 Å². The lowest BCUT2D eigenvalue weighted by molar-refractivity contribution is 1.07.